The number of nitrogens with zero attached hydrogens (tertiary/aromatic N) is 1. The monoisotopic (exact) mass is 303 g/mol. The molecular formula is C18H25NO3. The fourth-order valence-corrected chi connectivity index (χ4v) is 2.77. The number of rotatable bonds is 1. The molecule has 1 aliphatic heterocycles. The maximum absolute atomic E-state index is 12.5. The molecule has 1 amide bonds. The van der Waals surface area contributed by atoms with Crippen molar-refractivity contribution in [3.05, 3.63) is 34.9 Å². The van der Waals surface area contributed by atoms with Crippen molar-refractivity contribution >= 4 is 11.9 Å². The topological polar surface area (TPSA) is 46.6 Å². The highest BCUT2D eigenvalue weighted by Crippen LogP contribution is 2.29. The Labute approximate surface area is 132 Å². The second kappa shape index (κ2) is 6.11. The Hall–Kier alpha value is -1.84. The molecule has 0 spiro atoms. The molecule has 1 heterocycles. The molecule has 0 N–H and O–H groups in total. The zero-order valence-corrected chi connectivity index (χ0v) is 14.1. The van der Waals surface area contributed by atoms with Crippen molar-refractivity contribution in [2.75, 3.05) is 13.1 Å². The van der Waals surface area contributed by atoms with Crippen LogP contribution in [-0.2, 0) is 9.53 Å². The Morgan fingerprint density at radius 1 is 1.27 bits per heavy atom. The van der Waals surface area contributed by atoms with Crippen LogP contribution in [0.4, 0.5) is 4.79 Å². The highest BCUT2D eigenvalue weighted by atomic mass is 16.6. The molecule has 0 aliphatic carbocycles. The SMILES string of the molecule is Cc1ccc(C)c([C@@H]2CCN(C(=O)OC(C)(C)C)CC2=O)c1. The van der Waals surface area contributed by atoms with Gasteiger partial charge in [-0.15, -0.1) is 0 Å². The normalized spacial score (nSPS) is 19.2. The Morgan fingerprint density at radius 2 is 1.95 bits per heavy atom. The molecule has 0 bridgehead atoms. The number of likely N-dealkylation sites (tertiary alicyclic amines) is 1. The molecule has 1 aliphatic rings. The van der Waals surface area contributed by atoms with Crippen LogP contribution in [0.5, 0.6) is 0 Å². The third-order valence-electron chi connectivity index (χ3n) is 3.88. The van der Waals surface area contributed by atoms with Gasteiger partial charge in [-0.1, -0.05) is 23.8 Å². The lowest BCUT2D eigenvalue weighted by atomic mass is 9.85. The number of hydrogen-bond acceptors (Lipinski definition) is 3. The van der Waals surface area contributed by atoms with E-state index in [1.165, 1.54) is 4.90 Å². The first-order valence-corrected chi connectivity index (χ1v) is 7.75. The van der Waals surface area contributed by atoms with Crippen molar-refractivity contribution in [3.8, 4) is 0 Å². The summed E-state index contributed by atoms with van der Waals surface area (Å²) in [4.78, 5) is 26.1. The number of ether oxygens (including phenoxy) is 1. The van der Waals surface area contributed by atoms with Crippen LogP contribution in [0, 0.1) is 13.8 Å². The largest absolute Gasteiger partial charge is 0.444 e. The molecule has 4 nitrogen and oxygen atoms in total. The number of benzene rings is 1. The van der Waals surface area contributed by atoms with E-state index in [0.29, 0.717) is 13.0 Å². The summed E-state index contributed by atoms with van der Waals surface area (Å²) in [5.41, 5.74) is 2.84. The molecule has 1 atom stereocenters. The summed E-state index contributed by atoms with van der Waals surface area (Å²) in [6, 6.07) is 6.19. The highest BCUT2D eigenvalue weighted by molar-refractivity contribution is 5.91. The Kier molecular flexibility index (Phi) is 4.59. The fraction of sp³-hybridized carbons (Fsp3) is 0.556. The summed E-state index contributed by atoms with van der Waals surface area (Å²) in [6.07, 6.45) is 0.253. The van der Waals surface area contributed by atoms with Crippen LogP contribution in [0.3, 0.4) is 0 Å². The number of amides is 1. The van der Waals surface area contributed by atoms with Gasteiger partial charge in [0.1, 0.15) is 5.60 Å². The van der Waals surface area contributed by atoms with Crippen LogP contribution >= 0.6 is 0 Å². The molecule has 0 unspecified atom stereocenters. The second-order valence-electron chi connectivity index (χ2n) is 7.07. The molecular weight excluding hydrogens is 278 g/mol. The first-order valence-electron chi connectivity index (χ1n) is 7.75. The molecule has 120 valence electrons. The van der Waals surface area contributed by atoms with E-state index in [2.05, 4.69) is 18.2 Å². The van der Waals surface area contributed by atoms with Crippen LogP contribution < -0.4 is 0 Å². The summed E-state index contributed by atoms with van der Waals surface area (Å²) >= 11 is 0. The van der Waals surface area contributed by atoms with Crippen LogP contribution in [-0.4, -0.2) is 35.5 Å². The maximum Gasteiger partial charge on any atom is 0.410 e. The van der Waals surface area contributed by atoms with Crippen LogP contribution in [0.1, 0.15) is 49.8 Å². The van der Waals surface area contributed by atoms with E-state index in [0.717, 1.165) is 16.7 Å². The van der Waals surface area contributed by atoms with Gasteiger partial charge in [0.25, 0.3) is 0 Å². The lowest BCUT2D eigenvalue weighted by Gasteiger charge is -2.33. The zero-order chi connectivity index (χ0) is 16.5. The van der Waals surface area contributed by atoms with Crippen LogP contribution in [0.15, 0.2) is 18.2 Å². The van der Waals surface area contributed by atoms with Gasteiger partial charge in [-0.25, -0.2) is 4.79 Å². The van der Waals surface area contributed by atoms with Crippen LogP contribution in [0.2, 0.25) is 0 Å². The predicted molar refractivity (Wildman–Crippen MR) is 86.1 cm³/mol. The average molecular weight is 303 g/mol. The number of aryl methyl sites for hydroxylation is 2. The minimum absolute atomic E-state index is 0.0887. The minimum Gasteiger partial charge on any atom is -0.444 e. The van der Waals surface area contributed by atoms with Crippen LogP contribution in [0.25, 0.3) is 0 Å². The molecule has 2 rings (SSSR count). The fourth-order valence-electron chi connectivity index (χ4n) is 2.77. The smallest absolute Gasteiger partial charge is 0.410 e. The average Bonchev–Trinajstić information content (AvgIpc) is 2.40. The van der Waals surface area contributed by atoms with E-state index >= 15 is 0 Å². The lowest BCUT2D eigenvalue weighted by molar-refractivity contribution is -0.123. The first-order chi connectivity index (χ1) is 10.2. The first kappa shape index (κ1) is 16.5. The number of piperidine rings is 1. The third-order valence-corrected chi connectivity index (χ3v) is 3.88. The van der Waals surface area contributed by atoms with Gasteiger partial charge in [-0.05, 0) is 52.2 Å². The van der Waals surface area contributed by atoms with Gasteiger partial charge >= 0.3 is 6.09 Å². The maximum atomic E-state index is 12.5. The molecule has 1 aromatic carbocycles. The van der Waals surface area contributed by atoms with Gasteiger partial charge < -0.3 is 9.64 Å². The molecule has 1 saturated heterocycles. The number of ketones is 1. The van der Waals surface area contributed by atoms with E-state index in [1.807, 2.05) is 34.6 Å². The molecule has 4 heteroatoms. The minimum atomic E-state index is -0.538. The van der Waals surface area contributed by atoms with Crippen molar-refractivity contribution in [1.29, 1.82) is 0 Å². The van der Waals surface area contributed by atoms with Gasteiger partial charge in [-0.2, -0.15) is 0 Å². The summed E-state index contributed by atoms with van der Waals surface area (Å²) in [5.74, 6) is -0.0237. The van der Waals surface area contributed by atoms with Gasteiger partial charge in [0, 0.05) is 12.5 Å². The van der Waals surface area contributed by atoms with Gasteiger partial charge in [-0.3, -0.25) is 4.79 Å². The highest BCUT2D eigenvalue weighted by Gasteiger charge is 2.33. The molecule has 0 saturated carbocycles. The Morgan fingerprint density at radius 3 is 2.55 bits per heavy atom. The van der Waals surface area contributed by atoms with E-state index in [9.17, 15) is 9.59 Å². The van der Waals surface area contributed by atoms with Crippen molar-refractivity contribution in [3.63, 3.8) is 0 Å². The molecule has 0 aromatic heterocycles. The van der Waals surface area contributed by atoms with E-state index < -0.39 is 11.7 Å². The summed E-state index contributed by atoms with van der Waals surface area (Å²) in [6.45, 7) is 10.2. The summed E-state index contributed by atoms with van der Waals surface area (Å²) in [5, 5.41) is 0. The standard InChI is InChI=1S/C18H25NO3/c1-12-6-7-13(2)15(10-12)14-8-9-19(11-16(14)20)17(21)22-18(3,4)5/h6-7,10,14H,8-9,11H2,1-5H3/t14-/m0/s1. The zero-order valence-electron chi connectivity index (χ0n) is 14.1. The number of carbonyl (C=O) groups excluding carboxylic acids is 2. The number of Topliss-reactive ketones (excluding diaryl/α,β-unsaturated/α-hetero) is 1. The van der Waals surface area contributed by atoms with Gasteiger partial charge in [0.05, 0.1) is 6.54 Å². The van der Waals surface area contributed by atoms with Gasteiger partial charge in [0.15, 0.2) is 5.78 Å². The van der Waals surface area contributed by atoms with E-state index in [1.54, 1.807) is 0 Å². The predicted octanol–water partition coefficient (Wildman–Crippen LogP) is 3.60. The van der Waals surface area contributed by atoms with Gasteiger partial charge in [0.2, 0.25) is 0 Å². The number of hydrogen-bond donors (Lipinski definition) is 0. The Bertz CT molecular complexity index is 586. The summed E-state index contributed by atoms with van der Waals surface area (Å²) < 4.78 is 5.34. The Balaban J connectivity index is 2.09. The van der Waals surface area contributed by atoms with Crippen molar-refractivity contribution < 1.29 is 14.3 Å². The van der Waals surface area contributed by atoms with E-state index in [-0.39, 0.29) is 18.2 Å². The van der Waals surface area contributed by atoms with Crippen molar-refractivity contribution in [2.24, 2.45) is 0 Å². The van der Waals surface area contributed by atoms with E-state index in [4.69, 9.17) is 4.74 Å². The molecule has 22 heavy (non-hydrogen) atoms. The molecule has 1 fully saturated rings. The second-order valence-corrected chi connectivity index (χ2v) is 7.07. The lowest BCUT2D eigenvalue weighted by Crippen LogP contribution is -2.45. The third kappa shape index (κ3) is 3.87. The van der Waals surface area contributed by atoms with Crippen molar-refractivity contribution in [1.82, 2.24) is 4.90 Å². The quantitative estimate of drug-likeness (QED) is 0.796. The molecule has 1 aromatic rings. The molecule has 0 radical (unpaired) electrons. The summed E-state index contributed by atoms with van der Waals surface area (Å²) in [7, 11) is 0. The van der Waals surface area contributed by atoms with Crippen molar-refractivity contribution in [2.45, 2.75) is 52.6 Å². The number of carbonyl (C=O) groups is 2.